The number of carbonyl (C=O) groups excluding carboxylic acids is 1. The third-order valence-corrected chi connectivity index (χ3v) is 3.73. The van der Waals surface area contributed by atoms with Crippen molar-refractivity contribution in [2.24, 2.45) is 5.92 Å². The van der Waals surface area contributed by atoms with Gasteiger partial charge in [0.05, 0.1) is 12.6 Å². The summed E-state index contributed by atoms with van der Waals surface area (Å²) in [5.74, 6) is 0.793. The molecular formula is C11H20N2O2. The number of rotatable bonds is 3. The van der Waals surface area contributed by atoms with Crippen LogP contribution in [0.4, 0.5) is 0 Å². The van der Waals surface area contributed by atoms with Crippen molar-refractivity contribution in [3.63, 3.8) is 0 Å². The van der Waals surface area contributed by atoms with Gasteiger partial charge in [0.25, 0.3) is 0 Å². The summed E-state index contributed by atoms with van der Waals surface area (Å²) in [5.41, 5.74) is 0. The largest absolute Gasteiger partial charge is 0.381 e. The van der Waals surface area contributed by atoms with Crippen LogP contribution in [0.1, 0.15) is 19.8 Å². The molecule has 0 aliphatic carbocycles. The highest BCUT2D eigenvalue weighted by atomic mass is 16.5. The van der Waals surface area contributed by atoms with Crippen molar-refractivity contribution in [1.29, 1.82) is 0 Å². The van der Waals surface area contributed by atoms with Crippen LogP contribution in [-0.2, 0) is 9.53 Å². The van der Waals surface area contributed by atoms with Crippen molar-refractivity contribution in [3.05, 3.63) is 0 Å². The second kappa shape index (κ2) is 4.49. The van der Waals surface area contributed by atoms with E-state index >= 15 is 0 Å². The van der Waals surface area contributed by atoms with Crippen LogP contribution < -0.4 is 5.32 Å². The second-order valence-electron chi connectivity index (χ2n) is 4.53. The van der Waals surface area contributed by atoms with E-state index in [9.17, 15) is 4.79 Å². The van der Waals surface area contributed by atoms with Gasteiger partial charge in [0.1, 0.15) is 0 Å². The molecule has 2 fully saturated rings. The van der Waals surface area contributed by atoms with Gasteiger partial charge in [0, 0.05) is 25.1 Å². The van der Waals surface area contributed by atoms with Crippen LogP contribution in [-0.4, -0.2) is 49.7 Å². The lowest BCUT2D eigenvalue weighted by molar-refractivity contribution is -0.131. The number of likely N-dealkylation sites (N-methyl/N-ethyl adjacent to an activating group) is 1. The van der Waals surface area contributed by atoms with Gasteiger partial charge in [-0.3, -0.25) is 4.79 Å². The SMILES string of the molecule is CNC1CCN(C(C)C2CCOC2)C1=O. The lowest BCUT2D eigenvalue weighted by atomic mass is 9.99. The van der Waals surface area contributed by atoms with Crippen molar-refractivity contribution >= 4 is 5.91 Å². The van der Waals surface area contributed by atoms with E-state index in [0.29, 0.717) is 12.0 Å². The number of ether oxygens (including phenoxy) is 1. The maximum Gasteiger partial charge on any atom is 0.240 e. The van der Waals surface area contributed by atoms with Gasteiger partial charge < -0.3 is 15.0 Å². The van der Waals surface area contributed by atoms with Crippen molar-refractivity contribution in [3.8, 4) is 0 Å². The lowest BCUT2D eigenvalue weighted by Gasteiger charge is -2.28. The highest BCUT2D eigenvalue weighted by molar-refractivity contribution is 5.84. The number of amides is 1. The minimum Gasteiger partial charge on any atom is -0.381 e. The molecule has 0 aromatic rings. The first kappa shape index (κ1) is 10.9. The van der Waals surface area contributed by atoms with Crippen LogP contribution in [0.5, 0.6) is 0 Å². The van der Waals surface area contributed by atoms with E-state index in [1.165, 1.54) is 0 Å². The summed E-state index contributed by atoms with van der Waals surface area (Å²) in [6.45, 7) is 4.71. The van der Waals surface area contributed by atoms with E-state index in [1.807, 2.05) is 11.9 Å². The topological polar surface area (TPSA) is 41.6 Å². The minimum absolute atomic E-state index is 0.0368. The number of nitrogens with zero attached hydrogens (tertiary/aromatic N) is 1. The normalized spacial score (nSPS) is 33.7. The summed E-state index contributed by atoms with van der Waals surface area (Å²) in [6, 6.07) is 0.369. The molecule has 3 atom stereocenters. The van der Waals surface area contributed by atoms with Gasteiger partial charge in [-0.2, -0.15) is 0 Å². The molecular weight excluding hydrogens is 192 g/mol. The predicted octanol–water partition coefficient (Wildman–Crippen LogP) is 0.232. The number of carbonyl (C=O) groups is 1. The Kier molecular flexibility index (Phi) is 3.26. The Morgan fingerprint density at radius 1 is 1.53 bits per heavy atom. The fourth-order valence-electron chi connectivity index (χ4n) is 2.56. The summed E-state index contributed by atoms with van der Waals surface area (Å²) in [5, 5.41) is 3.07. The molecule has 2 heterocycles. The van der Waals surface area contributed by atoms with Gasteiger partial charge in [-0.25, -0.2) is 0 Å². The number of hydrogen-bond acceptors (Lipinski definition) is 3. The molecule has 2 aliphatic rings. The Morgan fingerprint density at radius 2 is 2.33 bits per heavy atom. The molecule has 3 unspecified atom stereocenters. The first-order valence-electron chi connectivity index (χ1n) is 5.79. The van der Waals surface area contributed by atoms with Gasteiger partial charge in [-0.1, -0.05) is 0 Å². The fraction of sp³-hybridized carbons (Fsp3) is 0.909. The first-order chi connectivity index (χ1) is 7.24. The molecule has 1 amide bonds. The summed E-state index contributed by atoms with van der Waals surface area (Å²) in [7, 11) is 1.86. The molecule has 4 nitrogen and oxygen atoms in total. The van der Waals surface area contributed by atoms with Crippen LogP contribution in [0.2, 0.25) is 0 Å². The second-order valence-corrected chi connectivity index (χ2v) is 4.53. The fourth-order valence-corrected chi connectivity index (χ4v) is 2.56. The first-order valence-corrected chi connectivity index (χ1v) is 5.79. The third-order valence-electron chi connectivity index (χ3n) is 3.73. The van der Waals surface area contributed by atoms with Crippen LogP contribution >= 0.6 is 0 Å². The standard InChI is InChI=1S/C11H20N2O2/c1-8(9-4-6-15-7-9)13-5-3-10(12-2)11(13)14/h8-10,12H,3-7H2,1-2H3. The Labute approximate surface area is 91.0 Å². The molecule has 0 spiro atoms. The summed E-state index contributed by atoms with van der Waals surface area (Å²) < 4.78 is 5.37. The molecule has 0 aromatic carbocycles. The Balaban J connectivity index is 1.95. The zero-order valence-electron chi connectivity index (χ0n) is 9.53. The zero-order valence-corrected chi connectivity index (χ0v) is 9.53. The van der Waals surface area contributed by atoms with Gasteiger partial charge in [-0.15, -0.1) is 0 Å². The average molecular weight is 212 g/mol. The molecule has 2 aliphatic heterocycles. The molecule has 0 bridgehead atoms. The van der Waals surface area contributed by atoms with Gasteiger partial charge in [0.2, 0.25) is 5.91 Å². The molecule has 0 aromatic heterocycles. The van der Waals surface area contributed by atoms with Gasteiger partial charge in [-0.05, 0) is 26.8 Å². The molecule has 2 saturated heterocycles. The highest BCUT2D eigenvalue weighted by Crippen LogP contribution is 2.24. The van der Waals surface area contributed by atoms with Crippen molar-refractivity contribution in [2.45, 2.75) is 31.8 Å². The van der Waals surface area contributed by atoms with Crippen LogP contribution in [0.25, 0.3) is 0 Å². The van der Waals surface area contributed by atoms with Crippen molar-refractivity contribution in [2.75, 3.05) is 26.8 Å². The maximum absolute atomic E-state index is 12.0. The smallest absolute Gasteiger partial charge is 0.240 e. The van der Waals surface area contributed by atoms with Gasteiger partial charge >= 0.3 is 0 Å². The van der Waals surface area contributed by atoms with Crippen LogP contribution in [0, 0.1) is 5.92 Å². The highest BCUT2D eigenvalue weighted by Gasteiger charge is 2.37. The van der Waals surface area contributed by atoms with E-state index in [0.717, 1.165) is 32.6 Å². The Hall–Kier alpha value is -0.610. The van der Waals surface area contributed by atoms with E-state index in [-0.39, 0.29) is 11.9 Å². The van der Waals surface area contributed by atoms with Crippen molar-refractivity contribution in [1.82, 2.24) is 10.2 Å². The molecule has 2 rings (SSSR count). The number of nitrogens with one attached hydrogen (secondary N) is 1. The minimum atomic E-state index is 0.0368. The van der Waals surface area contributed by atoms with E-state index in [4.69, 9.17) is 4.74 Å². The van der Waals surface area contributed by atoms with Crippen LogP contribution in [0.15, 0.2) is 0 Å². The molecule has 0 radical (unpaired) electrons. The van der Waals surface area contributed by atoms with E-state index < -0.39 is 0 Å². The monoisotopic (exact) mass is 212 g/mol. The quantitative estimate of drug-likeness (QED) is 0.728. The predicted molar refractivity (Wildman–Crippen MR) is 57.6 cm³/mol. The maximum atomic E-state index is 12.0. The van der Waals surface area contributed by atoms with E-state index in [1.54, 1.807) is 0 Å². The molecule has 15 heavy (non-hydrogen) atoms. The molecule has 86 valence electrons. The number of hydrogen-bond donors (Lipinski definition) is 1. The van der Waals surface area contributed by atoms with E-state index in [2.05, 4.69) is 12.2 Å². The number of likely N-dealkylation sites (tertiary alicyclic amines) is 1. The average Bonchev–Trinajstić information content (AvgIpc) is 2.85. The zero-order chi connectivity index (χ0) is 10.8. The van der Waals surface area contributed by atoms with Gasteiger partial charge in [0.15, 0.2) is 0 Å². The van der Waals surface area contributed by atoms with Crippen molar-refractivity contribution < 1.29 is 9.53 Å². The Bertz CT molecular complexity index is 239. The Morgan fingerprint density at radius 3 is 2.87 bits per heavy atom. The molecule has 1 N–H and O–H groups in total. The summed E-state index contributed by atoms with van der Waals surface area (Å²) in [6.07, 6.45) is 2.03. The third kappa shape index (κ3) is 2.01. The molecule has 4 heteroatoms. The van der Waals surface area contributed by atoms with Crippen LogP contribution in [0.3, 0.4) is 0 Å². The summed E-state index contributed by atoms with van der Waals surface area (Å²) >= 11 is 0. The summed E-state index contributed by atoms with van der Waals surface area (Å²) in [4.78, 5) is 14.0. The lowest BCUT2D eigenvalue weighted by Crippen LogP contribution is -2.43. The molecule has 0 saturated carbocycles.